The van der Waals surface area contributed by atoms with Gasteiger partial charge in [-0.3, -0.25) is 9.59 Å². The number of morpholine rings is 1. The zero-order valence-corrected chi connectivity index (χ0v) is 12.0. The molecule has 1 saturated heterocycles. The van der Waals surface area contributed by atoms with Crippen molar-refractivity contribution in [2.24, 2.45) is 5.92 Å². The first kappa shape index (κ1) is 15.9. The van der Waals surface area contributed by atoms with Gasteiger partial charge in [0.15, 0.2) is 0 Å². The van der Waals surface area contributed by atoms with Gasteiger partial charge in [0.25, 0.3) is 0 Å². The third-order valence-electron chi connectivity index (χ3n) is 2.89. The number of carbonyl (C=O) groups excluding carboxylic acids is 2. The van der Waals surface area contributed by atoms with Crippen LogP contribution in [0.2, 0.25) is 0 Å². The van der Waals surface area contributed by atoms with Gasteiger partial charge in [0.1, 0.15) is 6.04 Å². The first-order chi connectivity index (χ1) is 8.99. The van der Waals surface area contributed by atoms with E-state index in [1.807, 2.05) is 13.8 Å². The van der Waals surface area contributed by atoms with Crippen molar-refractivity contribution in [2.75, 3.05) is 26.3 Å². The van der Waals surface area contributed by atoms with Crippen molar-refractivity contribution in [3.63, 3.8) is 0 Å². The van der Waals surface area contributed by atoms with Gasteiger partial charge >= 0.3 is 0 Å². The van der Waals surface area contributed by atoms with Gasteiger partial charge in [0.05, 0.1) is 13.2 Å². The van der Waals surface area contributed by atoms with Crippen LogP contribution in [0.3, 0.4) is 0 Å². The van der Waals surface area contributed by atoms with E-state index in [0.717, 1.165) is 6.54 Å². The van der Waals surface area contributed by atoms with Crippen LogP contribution in [0.1, 0.15) is 27.2 Å². The molecule has 2 atom stereocenters. The highest BCUT2D eigenvalue weighted by Gasteiger charge is 2.20. The summed E-state index contributed by atoms with van der Waals surface area (Å²) in [4.78, 5) is 23.5. The molecule has 0 aromatic heterocycles. The number of amides is 2. The van der Waals surface area contributed by atoms with Crippen LogP contribution in [0.5, 0.6) is 0 Å². The summed E-state index contributed by atoms with van der Waals surface area (Å²) in [7, 11) is 0. The fourth-order valence-corrected chi connectivity index (χ4v) is 1.80. The van der Waals surface area contributed by atoms with Crippen LogP contribution in [0.4, 0.5) is 0 Å². The first-order valence-electron chi connectivity index (χ1n) is 6.87. The van der Waals surface area contributed by atoms with Crippen LogP contribution in [0.25, 0.3) is 0 Å². The maximum Gasteiger partial charge on any atom is 0.242 e. The minimum atomic E-state index is -0.504. The predicted molar refractivity (Wildman–Crippen MR) is 72.7 cm³/mol. The summed E-state index contributed by atoms with van der Waals surface area (Å²) in [6.45, 7) is 8.36. The second kappa shape index (κ2) is 8.12. The van der Waals surface area contributed by atoms with E-state index < -0.39 is 6.04 Å². The molecule has 1 heterocycles. The molecule has 1 rings (SSSR count). The fraction of sp³-hybridized carbons (Fsp3) is 0.846. The number of rotatable bonds is 6. The van der Waals surface area contributed by atoms with E-state index in [-0.39, 0.29) is 17.9 Å². The maximum absolute atomic E-state index is 11.8. The summed E-state index contributed by atoms with van der Waals surface area (Å²) in [6.07, 6.45) is 0.335. The number of carbonyl (C=O) groups is 2. The molecule has 0 spiro atoms. The highest BCUT2D eigenvalue weighted by Crippen LogP contribution is 1.99. The van der Waals surface area contributed by atoms with Crippen molar-refractivity contribution in [3.8, 4) is 0 Å². The Labute approximate surface area is 114 Å². The van der Waals surface area contributed by atoms with Crippen LogP contribution in [0, 0.1) is 5.92 Å². The normalized spacial score (nSPS) is 20.9. The summed E-state index contributed by atoms with van der Waals surface area (Å²) >= 11 is 0. The van der Waals surface area contributed by atoms with E-state index >= 15 is 0 Å². The molecule has 6 heteroatoms. The van der Waals surface area contributed by atoms with Crippen molar-refractivity contribution >= 4 is 11.8 Å². The molecule has 1 aliphatic rings. The summed E-state index contributed by atoms with van der Waals surface area (Å²) < 4.78 is 5.28. The van der Waals surface area contributed by atoms with E-state index in [9.17, 15) is 9.59 Å². The molecule has 6 nitrogen and oxygen atoms in total. The zero-order valence-electron chi connectivity index (χ0n) is 12.0. The summed E-state index contributed by atoms with van der Waals surface area (Å²) in [5.74, 6) is 0.125. The minimum Gasteiger partial charge on any atom is -0.378 e. The van der Waals surface area contributed by atoms with Gasteiger partial charge in [-0.05, 0) is 12.8 Å². The summed E-state index contributed by atoms with van der Waals surface area (Å²) in [5, 5.41) is 8.71. The quantitative estimate of drug-likeness (QED) is 0.616. The van der Waals surface area contributed by atoms with Gasteiger partial charge in [-0.1, -0.05) is 13.8 Å². The average Bonchev–Trinajstić information content (AvgIpc) is 2.36. The molecule has 0 aromatic carbocycles. The maximum atomic E-state index is 11.8. The Morgan fingerprint density at radius 1 is 1.37 bits per heavy atom. The largest absolute Gasteiger partial charge is 0.378 e. The molecule has 0 bridgehead atoms. The lowest BCUT2D eigenvalue weighted by Crippen LogP contribution is -2.49. The van der Waals surface area contributed by atoms with Gasteiger partial charge in [-0.25, -0.2) is 0 Å². The van der Waals surface area contributed by atoms with Crippen molar-refractivity contribution in [2.45, 2.75) is 39.3 Å². The van der Waals surface area contributed by atoms with E-state index in [0.29, 0.717) is 32.1 Å². The van der Waals surface area contributed by atoms with Gasteiger partial charge < -0.3 is 20.7 Å². The Balaban J connectivity index is 2.24. The van der Waals surface area contributed by atoms with Crippen LogP contribution in [-0.4, -0.2) is 50.2 Å². The molecule has 3 N–H and O–H groups in total. The molecule has 19 heavy (non-hydrogen) atoms. The Kier molecular flexibility index (Phi) is 6.80. The summed E-state index contributed by atoms with van der Waals surface area (Å²) in [6, 6.07) is -0.463. The van der Waals surface area contributed by atoms with Gasteiger partial charge in [-0.2, -0.15) is 0 Å². The van der Waals surface area contributed by atoms with E-state index in [1.165, 1.54) is 0 Å². The number of nitrogens with one attached hydrogen (secondary N) is 3. The van der Waals surface area contributed by atoms with Crippen LogP contribution >= 0.6 is 0 Å². The molecule has 110 valence electrons. The lowest BCUT2D eigenvalue weighted by molar-refractivity contribution is -0.129. The standard InChI is InChI=1S/C13H25N3O3/c1-9(2)7-15-13(18)10(3)16-12(17)6-11-8-19-5-4-14-11/h9-11,14H,4-8H2,1-3H3,(H,15,18)(H,16,17). The SMILES string of the molecule is CC(C)CNC(=O)C(C)NC(=O)CC1COCCN1. The zero-order chi connectivity index (χ0) is 14.3. The van der Waals surface area contributed by atoms with Crippen molar-refractivity contribution < 1.29 is 14.3 Å². The topological polar surface area (TPSA) is 79.5 Å². The Morgan fingerprint density at radius 2 is 2.11 bits per heavy atom. The van der Waals surface area contributed by atoms with E-state index in [2.05, 4.69) is 16.0 Å². The minimum absolute atomic E-state index is 0.0414. The van der Waals surface area contributed by atoms with Gasteiger partial charge in [0.2, 0.25) is 11.8 Å². The summed E-state index contributed by atoms with van der Waals surface area (Å²) in [5.41, 5.74) is 0. The highest BCUT2D eigenvalue weighted by atomic mass is 16.5. The molecular weight excluding hydrogens is 246 g/mol. The Morgan fingerprint density at radius 3 is 2.68 bits per heavy atom. The Bertz CT molecular complexity index is 302. The monoisotopic (exact) mass is 271 g/mol. The second-order valence-corrected chi connectivity index (χ2v) is 5.36. The fourth-order valence-electron chi connectivity index (χ4n) is 1.80. The lowest BCUT2D eigenvalue weighted by Gasteiger charge is -2.24. The average molecular weight is 271 g/mol. The molecule has 0 aliphatic carbocycles. The second-order valence-electron chi connectivity index (χ2n) is 5.36. The molecule has 0 saturated carbocycles. The Hall–Kier alpha value is -1.14. The molecule has 1 fully saturated rings. The van der Waals surface area contributed by atoms with E-state index in [1.54, 1.807) is 6.92 Å². The molecule has 0 aromatic rings. The lowest BCUT2D eigenvalue weighted by atomic mass is 10.1. The molecular formula is C13H25N3O3. The number of hydrogen-bond acceptors (Lipinski definition) is 4. The molecule has 2 amide bonds. The molecule has 1 aliphatic heterocycles. The van der Waals surface area contributed by atoms with Crippen molar-refractivity contribution in [1.29, 1.82) is 0 Å². The molecule has 0 radical (unpaired) electrons. The van der Waals surface area contributed by atoms with Crippen LogP contribution in [-0.2, 0) is 14.3 Å². The van der Waals surface area contributed by atoms with Gasteiger partial charge in [0, 0.05) is 25.6 Å². The van der Waals surface area contributed by atoms with E-state index in [4.69, 9.17) is 4.74 Å². The van der Waals surface area contributed by atoms with Crippen molar-refractivity contribution in [1.82, 2.24) is 16.0 Å². The third kappa shape index (κ3) is 6.54. The van der Waals surface area contributed by atoms with Crippen LogP contribution < -0.4 is 16.0 Å². The highest BCUT2D eigenvalue weighted by molar-refractivity contribution is 5.87. The molecule has 2 unspecified atom stereocenters. The van der Waals surface area contributed by atoms with Crippen molar-refractivity contribution in [3.05, 3.63) is 0 Å². The predicted octanol–water partition coefficient (Wildman–Crippen LogP) is -0.358. The van der Waals surface area contributed by atoms with Gasteiger partial charge in [-0.15, -0.1) is 0 Å². The third-order valence-corrected chi connectivity index (χ3v) is 2.89. The smallest absolute Gasteiger partial charge is 0.242 e. The number of hydrogen-bond donors (Lipinski definition) is 3. The van der Waals surface area contributed by atoms with Crippen LogP contribution in [0.15, 0.2) is 0 Å². The number of ether oxygens (including phenoxy) is 1. The first-order valence-corrected chi connectivity index (χ1v) is 6.87.